The van der Waals surface area contributed by atoms with Crippen LogP contribution in [0.5, 0.6) is 0 Å². The minimum Gasteiger partial charge on any atom is -0.340 e. The molecule has 0 N–H and O–H groups in total. The highest BCUT2D eigenvalue weighted by Gasteiger charge is 2.32. The van der Waals surface area contributed by atoms with Crippen molar-refractivity contribution in [2.45, 2.75) is 19.1 Å². The molecule has 0 aliphatic heterocycles. The van der Waals surface area contributed by atoms with Gasteiger partial charge >= 0.3 is 0 Å². The van der Waals surface area contributed by atoms with E-state index in [1.54, 1.807) is 0 Å². The molecule has 0 heterocycles. The Morgan fingerprint density at radius 1 is 0.500 bits per heavy atom. The zero-order valence-corrected chi connectivity index (χ0v) is 23.6. The van der Waals surface area contributed by atoms with Gasteiger partial charge in [0.2, 0.25) is 0 Å². The third-order valence-electron chi connectivity index (χ3n) is 6.67. The molecule has 0 fully saturated rings. The Hall–Kier alpha value is -3.12. The summed E-state index contributed by atoms with van der Waals surface area (Å²) in [4.78, 5) is 0. The molecule has 0 bridgehead atoms. The van der Waals surface area contributed by atoms with E-state index >= 15 is 0 Å². The molecule has 0 radical (unpaired) electrons. The minimum absolute atomic E-state index is 0.112. The molecule has 4 heteroatoms. The molecule has 5 aromatic carbocycles. The van der Waals surface area contributed by atoms with E-state index in [2.05, 4.69) is 170 Å². The summed E-state index contributed by atoms with van der Waals surface area (Å²) in [6.45, 7) is 2.31. The highest BCUT2D eigenvalue weighted by molar-refractivity contribution is 7.70. The quantitative estimate of drug-likeness (QED) is 0.177. The van der Waals surface area contributed by atoms with Gasteiger partial charge in [0.25, 0.3) is 0 Å². The number of rotatable bonds is 10. The molecule has 5 rings (SSSR count). The molecule has 5 aromatic rings. The van der Waals surface area contributed by atoms with Crippen molar-refractivity contribution in [3.05, 3.63) is 157 Å². The molecule has 0 amide bonds. The van der Waals surface area contributed by atoms with E-state index in [4.69, 9.17) is 4.52 Å². The van der Waals surface area contributed by atoms with Gasteiger partial charge in [0, 0.05) is 24.7 Å². The summed E-state index contributed by atoms with van der Waals surface area (Å²) in [7, 11) is 0.487. The van der Waals surface area contributed by atoms with Crippen LogP contribution in [0, 0.1) is 0 Å². The van der Waals surface area contributed by atoms with Crippen LogP contribution in [0.15, 0.2) is 152 Å². The van der Waals surface area contributed by atoms with Crippen LogP contribution >= 0.6 is 16.2 Å². The lowest BCUT2D eigenvalue weighted by Gasteiger charge is -2.39. The first-order valence-electron chi connectivity index (χ1n) is 13.0. The third kappa shape index (κ3) is 6.29. The van der Waals surface area contributed by atoms with Crippen molar-refractivity contribution in [2.24, 2.45) is 0 Å². The average Bonchev–Trinajstić information content (AvgIpc) is 3.00. The van der Waals surface area contributed by atoms with Gasteiger partial charge in [0.05, 0.1) is 8.15 Å². The zero-order valence-electron chi connectivity index (χ0n) is 21.8. The van der Waals surface area contributed by atoms with E-state index in [9.17, 15) is 0 Å². The van der Waals surface area contributed by atoms with E-state index in [1.165, 1.54) is 26.8 Å². The Morgan fingerprint density at radius 2 is 0.842 bits per heavy atom. The normalized spacial score (nSPS) is 13.1. The molecule has 0 aliphatic rings. The predicted molar refractivity (Wildman–Crippen MR) is 166 cm³/mol. The number of hydrogen-bond acceptors (Lipinski definition) is 2. The molecule has 0 spiro atoms. The fourth-order valence-electron chi connectivity index (χ4n) is 4.61. The summed E-state index contributed by atoms with van der Waals surface area (Å²) in [6.07, 6.45) is -0.120. The van der Waals surface area contributed by atoms with Gasteiger partial charge < -0.3 is 4.52 Å². The van der Waals surface area contributed by atoms with Crippen molar-refractivity contribution in [3.63, 3.8) is 0 Å². The Bertz CT molecular complexity index is 1290. The monoisotopic (exact) mass is 533 g/mol. The fraction of sp³-hybridized carbons (Fsp3) is 0.118. The van der Waals surface area contributed by atoms with Crippen LogP contribution < -0.4 is 21.2 Å². The Balaban J connectivity index is 1.55. The summed E-state index contributed by atoms with van der Waals surface area (Å²) in [5, 5.41) is 5.11. The molecule has 0 saturated heterocycles. The second-order valence-corrected chi connectivity index (χ2v) is 13.3. The molecular weight excluding hydrogens is 500 g/mol. The lowest BCUT2D eigenvalue weighted by Crippen LogP contribution is -2.37. The Labute approximate surface area is 229 Å². The van der Waals surface area contributed by atoms with E-state index in [0.717, 1.165) is 0 Å². The smallest absolute Gasteiger partial charge is 0.103 e. The third-order valence-corrected chi connectivity index (χ3v) is 11.2. The van der Waals surface area contributed by atoms with Gasteiger partial charge in [-0.15, -0.1) is 0 Å². The Morgan fingerprint density at radius 3 is 1.24 bits per heavy atom. The molecule has 2 nitrogen and oxygen atoms in total. The molecule has 0 unspecified atom stereocenters. The first kappa shape index (κ1) is 26.5. The van der Waals surface area contributed by atoms with E-state index < -0.39 is 16.2 Å². The lowest BCUT2D eigenvalue weighted by molar-refractivity contribution is 0.154. The van der Waals surface area contributed by atoms with Crippen LogP contribution in [0.4, 0.5) is 0 Å². The van der Waals surface area contributed by atoms with Gasteiger partial charge in [0.1, 0.15) is 6.10 Å². The van der Waals surface area contributed by atoms with E-state index in [1.807, 2.05) is 0 Å². The van der Waals surface area contributed by atoms with Crippen molar-refractivity contribution in [1.29, 1.82) is 0 Å². The molecule has 0 saturated carbocycles. The molecule has 0 aliphatic carbocycles. The average molecular weight is 534 g/mol. The summed E-state index contributed by atoms with van der Waals surface area (Å²) in [5.41, 5.74) is 1.20. The Kier molecular flexibility index (Phi) is 9.13. The van der Waals surface area contributed by atoms with Gasteiger partial charge in [-0.3, -0.25) is 4.67 Å². The van der Waals surface area contributed by atoms with Gasteiger partial charge in [-0.2, -0.15) is 0 Å². The maximum atomic E-state index is 7.25. The van der Waals surface area contributed by atoms with E-state index in [-0.39, 0.29) is 12.1 Å². The summed E-state index contributed by atoms with van der Waals surface area (Å²) >= 11 is 0. The zero-order chi connectivity index (χ0) is 26.2. The first-order valence-corrected chi connectivity index (χ1v) is 15.5. The van der Waals surface area contributed by atoms with Crippen molar-refractivity contribution >= 4 is 37.4 Å². The molecule has 190 valence electrons. The van der Waals surface area contributed by atoms with Crippen molar-refractivity contribution in [2.75, 3.05) is 7.05 Å². The second kappa shape index (κ2) is 13.1. The highest BCUT2D eigenvalue weighted by atomic mass is 31.1. The van der Waals surface area contributed by atoms with Crippen molar-refractivity contribution < 1.29 is 4.52 Å². The minimum atomic E-state index is -1.02. The van der Waals surface area contributed by atoms with Crippen LogP contribution in [-0.2, 0) is 4.52 Å². The lowest BCUT2D eigenvalue weighted by atomic mass is 10.0. The van der Waals surface area contributed by atoms with Crippen LogP contribution in [-0.4, -0.2) is 17.8 Å². The van der Waals surface area contributed by atoms with Crippen LogP contribution in [0.1, 0.15) is 18.6 Å². The summed E-state index contributed by atoms with van der Waals surface area (Å²) in [5.74, 6) is 0. The number of likely N-dealkylation sites (N-methyl/N-ethyl adjacent to an activating group) is 1. The van der Waals surface area contributed by atoms with Crippen LogP contribution in [0.2, 0.25) is 0 Å². The topological polar surface area (TPSA) is 12.5 Å². The SMILES string of the molecule is C[C@H]([C@@H](OP(c1ccccc1)c1ccccc1)c1ccccc1)N(C)P(c1ccccc1)c1ccccc1. The van der Waals surface area contributed by atoms with E-state index in [0.29, 0.717) is 0 Å². The van der Waals surface area contributed by atoms with Crippen molar-refractivity contribution in [1.82, 2.24) is 4.67 Å². The maximum absolute atomic E-state index is 7.25. The standard InChI is InChI=1S/C34H33NOP2/c1-28(35(2)37(30-20-10-4-11-21-30)31-22-12-5-13-23-31)34(29-18-8-3-9-19-29)36-38(32-24-14-6-15-25-32)33-26-16-7-17-27-33/h3-28,34H,1-2H3/t28-,34-/m1/s1. The second-order valence-electron chi connectivity index (χ2n) is 9.20. The number of benzene rings is 5. The largest absolute Gasteiger partial charge is 0.340 e. The van der Waals surface area contributed by atoms with Crippen LogP contribution in [0.25, 0.3) is 0 Å². The first-order chi connectivity index (χ1) is 18.7. The van der Waals surface area contributed by atoms with Crippen LogP contribution in [0.3, 0.4) is 0 Å². The van der Waals surface area contributed by atoms with Gasteiger partial charge in [-0.05, 0) is 30.1 Å². The molecular formula is C34H33NOP2. The van der Waals surface area contributed by atoms with Crippen molar-refractivity contribution in [3.8, 4) is 0 Å². The number of hydrogen-bond donors (Lipinski definition) is 0. The molecule has 2 atom stereocenters. The summed E-state index contributed by atoms with van der Waals surface area (Å²) < 4.78 is 9.78. The molecule has 0 aromatic heterocycles. The van der Waals surface area contributed by atoms with Gasteiger partial charge in [0.15, 0.2) is 0 Å². The maximum Gasteiger partial charge on any atom is 0.103 e. The fourth-order valence-corrected chi connectivity index (χ4v) is 8.98. The summed E-state index contributed by atoms with van der Waals surface area (Å²) in [6, 6.07) is 53.9. The molecule has 38 heavy (non-hydrogen) atoms. The van der Waals surface area contributed by atoms with Gasteiger partial charge in [-0.25, -0.2) is 0 Å². The highest BCUT2D eigenvalue weighted by Crippen LogP contribution is 2.47. The van der Waals surface area contributed by atoms with Gasteiger partial charge in [-0.1, -0.05) is 152 Å². The number of nitrogens with zero attached hydrogens (tertiary/aromatic N) is 1. The predicted octanol–water partition coefficient (Wildman–Crippen LogP) is 7.16.